The molecule has 0 fully saturated rings. The lowest BCUT2D eigenvalue weighted by Gasteiger charge is -2.09. The minimum atomic E-state index is -0.595. The van der Waals surface area contributed by atoms with E-state index in [1.54, 1.807) is 13.0 Å². The number of tetrazole rings is 1. The van der Waals surface area contributed by atoms with E-state index < -0.39 is 11.6 Å². The van der Waals surface area contributed by atoms with Crippen molar-refractivity contribution in [3.63, 3.8) is 0 Å². The maximum absolute atomic E-state index is 12.2. The molecule has 0 unspecified atom stereocenters. The van der Waals surface area contributed by atoms with E-state index in [1.807, 2.05) is 31.2 Å². The molecule has 0 bridgehead atoms. The molecule has 0 aliphatic carbocycles. The Balaban J connectivity index is 1.46. The number of hydrogen-bond acceptors (Lipinski definition) is 8. The topological polar surface area (TPSA) is 120 Å². The van der Waals surface area contributed by atoms with Crippen molar-refractivity contribution in [2.45, 2.75) is 27.0 Å². The molecule has 0 amide bonds. The number of aromatic hydroxyl groups is 1. The number of ether oxygens (including phenoxy) is 1. The monoisotopic (exact) mass is 406 g/mol. The van der Waals surface area contributed by atoms with E-state index in [2.05, 4.69) is 15.4 Å². The van der Waals surface area contributed by atoms with Gasteiger partial charge in [0.15, 0.2) is 6.54 Å². The second kappa shape index (κ2) is 7.78. The summed E-state index contributed by atoms with van der Waals surface area (Å²) in [6.07, 6.45) is 0. The van der Waals surface area contributed by atoms with E-state index in [4.69, 9.17) is 9.15 Å². The molecule has 0 atom stereocenters. The average Bonchev–Trinajstić information content (AvgIpc) is 3.18. The highest BCUT2D eigenvalue weighted by atomic mass is 16.5. The molecule has 9 nitrogen and oxygen atoms in total. The molecule has 0 spiro atoms. The second-order valence-electron chi connectivity index (χ2n) is 6.85. The van der Waals surface area contributed by atoms with Gasteiger partial charge in [0.2, 0.25) is 5.82 Å². The number of carbonyl (C=O) groups excluding carboxylic acids is 1. The Kier molecular flexibility index (Phi) is 5.01. The number of nitrogens with zero attached hydrogens (tertiary/aromatic N) is 4. The lowest BCUT2D eigenvalue weighted by atomic mass is 10.1. The van der Waals surface area contributed by atoms with Gasteiger partial charge in [0.25, 0.3) is 0 Å². The van der Waals surface area contributed by atoms with Crippen LogP contribution in [0.3, 0.4) is 0 Å². The van der Waals surface area contributed by atoms with Crippen LogP contribution in [0.25, 0.3) is 22.4 Å². The first-order valence-electron chi connectivity index (χ1n) is 9.16. The maximum Gasteiger partial charge on any atom is 0.336 e. The fourth-order valence-electron chi connectivity index (χ4n) is 2.98. The molecule has 2 aromatic heterocycles. The number of benzene rings is 2. The van der Waals surface area contributed by atoms with Crippen LogP contribution in [0.5, 0.6) is 5.75 Å². The Labute approximate surface area is 170 Å². The first-order valence-corrected chi connectivity index (χ1v) is 9.16. The van der Waals surface area contributed by atoms with Crippen LogP contribution in [0.1, 0.15) is 16.7 Å². The predicted octanol–water partition coefficient (Wildman–Crippen LogP) is 2.51. The molecule has 4 aromatic rings. The number of esters is 1. The Morgan fingerprint density at radius 1 is 1.17 bits per heavy atom. The van der Waals surface area contributed by atoms with Crippen LogP contribution in [0.15, 0.2) is 51.7 Å². The smallest absolute Gasteiger partial charge is 0.336 e. The van der Waals surface area contributed by atoms with Gasteiger partial charge in [-0.2, -0.15) is 4.80 Å². The molecule has 30 heavy (non-hydrogen) atoms. The van der Waals surface area contributed by atoms with Gasteiger partial charge in [-0.25, -0.2) is 9.59 Å². The van der Waals surface area contributed by atoms with Crippen LogP contribution in [0, 0.1) is 13.8 Å². The van der Waals surface area contributed by atoms with Crippen molar-refractivity contribution in [3.8, 4) is 17.1 Å². The molecule has 0 saturated heterocycles. The largest absolute Gasteiger partial charge is 0.508 e. The molecule has 4 rings (SSSR count). The third kappa shape index (κ3) is 3.90. The summed E-state index contributed by atoms with van der Waals surface area (Å²) in [5.41, 5.74) is 2.49. The fraction of sp³-hybridized carbons (Fsp3) is 0.190. The third-order valence-corrected chi connectivity index (χ3v) is 4.64. The Hall–Kier alpha value is -4.01. The minimum absolute atomic E-state index is 0.0152. The van der Waals surface area contributed by atoms with Gasteiger partial charge in [0.1, 0.15) is 17.9 Å². The first-order chi connectivity index (χ1) is 14.4. The molecular weight excluding hydrogens is 388 g/mol. The Morgan fingerprint density at radius 3 is 2.70 bits per heavy atom. The van der Waals surface area contributed by atoms with Crippen molar-refractivity contribution in [3.05, 3.63) is 69.6 Å². The minimum Gasteiger partial charge on any atom is -0.508 e. The summed E-state index contributed by atoms with van der Waals surface area (Å²) in [6.45, 7) is 3.26. The predicted molar refractivity (Wildman–Crippen MR) is 107 cm³/mol. The molecule has 1 N–H and O–H groups in total. The Morgan fingerprint density at radius 2 is 1.93 bits per heavy atom. The zero-order valence-corrected chi connectivity index (χ0v) is 16.3. The number of phenolic OH excluding ortho intramolecular Hbond substituents is 1. The van der Waals surface area contributed by atoms with Crippen molar-refractivity contribution < 1.29 is 19.1 Å². The van der Waals surface area contributed by atoms with Crippen LogP contribution >= 0.6 is 0 Å². The number of phenols is 1. The van der Waals surface area contributed by atoms with Gasteiger partial charge in [0, 0.05) is 28.1 Å². The van der Waals surface area contributed by atoms with E-state index in [0.29, 0.717) is 22.3 Å². The van der Waals surface area contributed by atoms with Crippen molar-refractivity contribution in [2.75, 3.05) is 0 Å². The van der Waals surface area contributed by atoms with Crippen LogP contribution < -0.4 is 5.63 Å². The molecule has 152 valence electrons. The van der Waals surface area contributed by atoms with Crippen LogP contribution in [0.2, 0.25) is 0 Å². The van der Waals surface area contributed by atoms with Crippen molar-refractivity contribution in [2.24, 2.45) is 0 Å². The molecule has 0 aliphatic rings. The second-order valence-corrected chi connectivity index (χ2v) is 6.85. The van der Waals surface area contributed by atoms with Gasteiger partial charge < -0.3 is 14.3 Å². The average molecular weight is 406 g/mol. The summed E-state index contributed by atoms with van der Waals surface area (Å²) in [5.74, 6) is -0.161. The number of rotatable bonds is 5. The van der Waals surface area contributed by atoms with E-state index in [1.165, 1.54) is 12.1 Å². The first kappa shape index (κ1) is 19.3. The number of carbonyl (C=O) groups is 1. The molecule has 9 heteroatoms. The molecule has 2 heterocycles. The van der Waals surface area contributed by atoms with Gasteiger partial charge >= 0.3 is 11.6 Å². The molecule has 0 saturated carbocycles. The van der Waals surface area contributed by atoms with Gasteiger partial charge in [-0.1, -0.05) is 29.8 Å². The van der Waals surface area contributed by atoms with E-state index in [0.717, 1.165) is 15.9 Å². The van der Waals surface area contributed by atoms with Gasteiger partial charge in [-0.15, -0.1) is 10.2 Å². The lowest BCUT2D eigenvalue weighted by molar-refractivity contribution is -0.146. The summed E-state index contributed by atoms with van der Waals surface area (Å²) in [6, 6.07) is 12.0. The molecule has 2 aromatic carbocycles. The van der Waals surface area contributed by atoms with Crippen molar-refractivity contribution in [1.82, 2.24) is 20.2 Å². The summed E-state index contributed by atoms with van der Waals surface area (Å²) < 4.78 is 10.5. The summed E-state index contributed by atoms with van der Waals surface area (Å²) in [4.78, 5) is 25.2. The summed E-state index contributed by atoms with van der Waals surface area (Å²) >= 11 is 0. The fourth-order valence-corrected chi connectivity index (χ4v) is 2.98. The highest BCUT2D eigenvalue weighted by molar-refractivity contribution is 5.85. The van der Waals surface area contributed by atoms with Crippen LogP contribution in [0.4, 0.5) is 0 Å². The molecule has 0 radical (unpaired) electrons. The van der Waals surface area contributed by atoms with E-state index in [9.17, 15) is 14.7 Å². The van der Waals surface area contributed by atoms with Crippen LogP contribution in [-0.4, -0.2) is 31.3 Å². The number of hydrogen-bond donors (Lipinski definition) is 1. The normalized spacial score (nSPS) is 11.0. The van der Waals surface area contributed by atoms with Gasteiger partial charge in [-0.3, -0.25) is 0 Å². The number of aryl methyl sites for hydroxylation is 2. The van der Waals surface area contributed by atoms with Crippen molar-refractivity contribution >= 4 is 16.9 Å². The summed E-state index contributed by atoms with van der Waals surface area (Å²) in [7, 11) is 0. The highest BCUT2D eigenvalue weighted by Crippen LogP contribution is 2.27. The van der Waals surface area contributed by atoms with Crippen LogP contribution in [-0.2, 0) is 22.7 Å². The Bertz CT molecular complexity index is 1290. The highest BCUT2D eigenvalue weighted by Gasteiger charge is 2.14. The maximum atomic E-state index is 12.2. The van der Waals surface area contributed by atoms with Crippen molar-refractivity contribution in [1.29, 1.82) is 0 Å². The van der Waals surface area contributed by atoms with Gasteiger partial charge in [0.05, 0.1) is 0 Å². The number of aromatic nitrogens is 4. The van der Waals surface area contributed by atoms with E-state index >= 15 is 0 Å². The lowest BCUT2D eigenvalue weighted by Crippen LogP contribution is -2.16. The summed E-state index contributed by atoms with van der Waals surface area (Å²) in [5, 5.41) is 22.4. The quantitative estimate of drug-likeness (QED) is 0.396. The number of fused-ring (bicyclic) bond motifs is 1. The zero-order valence-electron chi connectivity index (χ0n) is 16.3. The molecular formula is C21H18N4O5. The standard InChI is InChI=1S/C21H18N4O5/c1-12-3-5-14(6-4-12)21-22-24-25(23-21)10-19(28)29-11-15-9-18(27)30-20-13(2)17(26)8-7-16(15)20/h3-9,26H,10-11H2,1-2H3. The van der Waals surface area contributed by atoms with Gasteiger partial charge in [-0.05, 0) is 31.2 Å². The molecule has 0 aliphatic heterocycles. The third-order valence-electron chi connectivity index (χ3n) is 4.64. The zero-order chi connectivity index (χ0) is 21.3. The van der Waals surface area contributed by atoms with E-state index in [-0.39, 0.29) is 24.5 Å². The SMILES string of the molecule is Cc1ccc(-c2nnn(CC(=O)OCc3cc(=O)oc4c(C)c(O)ccc34)n2)cc1.